The van der Waals surface area contributed by atoms with E-state index in [1.807, 2.05) is 19.2 Å². The molecule has 1 atom stereocenters. The summed E-state index contributed by atoms with van der Waals surface area (Å²) in [5, 5.41) is 0. The Bertz CT molecular complexity index is 671. The number of aromatic nitrogens is 2. The summed E-state index contributed by atoms with van der Waals surface area (Å²) in [6.07, 6.45) is 7.52. The molecule has 2 fully saturated rings. The zero-order valence-electron chi connectivity index (χ0n) is 14.1. The normalized spacial score (nSPS) is 25.3. The monoisotopic (exact) mass is 328 g/mol. The van der Waals surface area contributed by atoms with Gasteiger partial charge in [-0.1, -0.05) is 0 Å². The maximum absolute atomic E-state index is 6.27. The Morgan fingerprint density at radius 1 is 1.21 bits per heavy atom. The molecule has 0 amide bonds. The molecule has 6 nitrogen and oxygen atoms in total. The molecule has 0 N–H and O–H groups in total. The van der Waals surface area contributed by atoms with Gasteiger partial charge in [-0.3, -0.25) is 9.88 Å². The van der Waals surface area contributed by atoms with Crippen LogP contribution < -0.4 is 4.90 Å². The Balaban J connectivity index is 1.45. The molecule has 2 aromatic rings. The number of furan rings is 1. The molecule has 2 saturated heterocycles. The van der Waals surface area contributed by atoms with E-state index in [-0.39, 0.29) is 5.60 Å². The lowest BCUT2D eigenvalue weighted by molar-refractivity contribution is -0.117. The summed E-state index contributed by atoms with van der Waals surface area (Å²) in [7, 11) is 0. The fourth-order valence-electron chi connectivity index (χ4n) is 3.84. The van der Waals surface area contributed by atoms with Gasteiger partial charge in [0.2, 0.25) is 0 Å². The van der Waals surface area contributed by atoms with Crippen molar-refractivity contribution in [2.24, 2.45) is 0 Å². The van der Waals surface area contributed by atoms with Crippen molar-refractivity contribution in [2.45, 2.75) is 31.9 Å². The van der Waals surface area contributed by atoms with Crippen LogP contribution in [0.3, 0.4) is 0 Å². The van der Waals surface area contributed by atoms with Crippen LogP contribution in [0.1, 0.15) is 24.4 Å². The molecule has 1 spiro atoms. The van der Waals surface area contributed by atoms with Crippen LogP contribution in [0.2, 0.25) is 0 Å². The SMILES string of the molecule is Cc1ccc(CN2CCO[C@]3(CCCN(c4cnccn4)C3)C2)o1. The van der Waals surface area contributed by atoms with Crippen molar-refractivity contribution in [3.05, 3.63) is 42.2 Å². The highest BCUT2D eigenvalue weighted by atomic mass is 16.5. The maximum Gasteiger partial charge on any atom is 0.147 e. The third kappa shape index (κ3) is 3.30. The molecule has 0 unspecified atom stereocenters. The van der Waals surface area contributed by atoms with Crippen molar-refractivity contribution >= 4 is 5.82 Å². The van der Waals surface area contributed by atoms with Crippen LogP contribution in [-0.4, -0.2) is 53.3 Å². The largest absolute Gasteiger partial charge is 0.465 e. The van der Waals surface area contributed by atoms with Gasteiger partial charge < -0.3 is 14.1 Å². The minimum absolute atomic E-state index is 0.115. The van der Waals surface area contributed by atoms with E-state index in [0.29, 0.717) is 0 Å². The number of nitrogens with zero attached hydrogens (tertiary/aromatic N) is 4. The number of rotatable bonds is 3. The van der Waals surface area contributed by atoms with Crippen LogP contribution in [0.5, 0.6) is 0 Å². The lowest BCUT2D eigenvalue weighted by atomic mass is 9.90. The topological polar surface area (TPSA) is 54.6 Å². The Labute approximate surface area is 142 Å². The Morgan fingerprint density at radius 3 is 2.96 bits per heavy atom. The zero-order valence-corrected chi connectivity index (χ0v) is 14.1. The molecule has 0 aromatic carbocycles. The van der Waals surface area contributed by atoms with Crippen LogP contribution in [0, 0.1) is 6.92 Å². The number of hydrogen-bond acceptors (Lipinski definition) is 6. The zero-order chi connectivity index (χ0) is 16.4. The lowest BCUT2D eigenvalue weighted by Crippen LogP contribution is -2.59. The van der Waals surface area contributed by atoms with E-state index in [2.05, 4.69) is 25.8 Å². The summed E-state index contributed by atoms with van der Waals surface area (Å²) >= 11 is 0. The smallest absolute Gasteiger partial charge is 0.147 e. The molecule has 2 aromatic heterocycles. The molecule has 24 heavy (non-hydrogen) atoms. The molecule has 2 aliphatic heterocycles. The molecule has 128 valence electrons. The summed E-state index contributed by atoms with van der Waals surface area (Å²) in [6.45, 7) is 7.39. The molecule has 6 heteroatoms. The summed E-state index contributed by atoms with van der Waals surface area (Å²) in [4.78, 5) is 13.4. The first-order valence-corrected chi connectivity index (χ1v) is 8.65. The summed E-state index contributed by atoms with van der Waals surface area (Å²) in [5.74, 6) is 2.95. The van der Waals surface area contributed by atoms with Gasteiger partial charge in [0.15, 0.2) is 0 Å². The van der Waals surface area contributed by atoms with E-state index in [4.69, 9.17) is 9.15 Å². The van der Waals surface area contributed by atoms with Crippen LogP contribution in [0.4, 0.5) is 5.82 Å². The van der Waals surface area contributed by atoms with Crippen molar-refractivity contribution in [1.29, 1.82) is 0 Å². The molecule has 0 bridgehead atoms. The van der Waals surface area contributed by atoms with Crippen LogP contribution in [0.15, 0.2) is 35.1 Å². The average molecular weight is 328 g/mol. The van der Waals surface area contributed by atoms with Gasteiger partial charge in [0.05, 0.1) is 24.9 Å². The molecule has 4 rings (SSSR count). The molecule has 4 heterocycles. The van der Waals surface area contributed by atoms with Crippen molar-refractivity contribution in [3.63, 3.8) is 0 Å². The predicted octanol–water partition coefficient (Wildman–Crippen LogP) is 2.25. The molecule has 2 aliphatic rings. The Hall–Kier alpha value is -1.92. The third-order valence-electron chi connectivity index (χ3n) is 4.92. The summed E-state index contributed by atoms with van der Waals surface area (Å²) in [5.41, 5.74) is -0.115. The Kier molecular flexibility index (Phi) is 4.24. The van der Waals surface area contributed by atoms with E-state index in [1.165, 1.54) is 0 Å². The highest BCUT2D eigenvalue weighted by molar-refractivity contribution is 5.36. The van der Waals surface area contributed by atoms with Gasteiger partial charge in [-0.25, -0.2) is 4.98 Å². The number of anilines is 1. The van der Waals surface area contributed by atoms with E-state index in [0.717, 1.165) is 69.5 Å². The molecule has 0 saturated carbocycles. The second-order valence-corrected chi connectivity index (χ2v) is 6.84. The summed E-state index contributed by atoms with van der Waals surface area (Å²) in [6, 6.07) is 4.10. The van der Waals surface area contributed by atoms with Crippen LogP contribution in [-0.2, 0) is 11.3 Å². The van der Waals surface area contributed by atoms with Gasteiger partial charge in [-0.2, -0.15) is 0 Å². The first kappa shape index (κ1) is 15.6. The number of ether oxygens (including phenoxy) is 1. The van der Waals surface area contributed by atoms with Crippen molar-refractivity contribution in [2.75, 3.05) is 37.7 Å². The van der Waals surface area contributed by atoms with E-state index < -0.39 is 0 Å². The van der Waals surface area contributed by atoms with Gasteiger partial charge in [0, 0.05) is 38.6 Å². The molecule has 0 radical (unpaired) electrons. The average Bonchev–Trinajstić information content (AvgIpc) is 3.01. The number of hydrogen-bond donors (Lipinski definition) is 0. The van der Waals surface area contributed by atoms with Crippen molar-refractivity contribution in [1.82, 2.24) is 14.9 Å². The second-order valence-electron chi connectivity index (χ2n) is 6.84. The Morgan fingerprint density at radius 2 is 2.17 bits per heavy atom. The number of morpholine rings is 1. The van der Waals surface area contributed by atoms with Gasteiger partial charge in [-0.15, -0.1) is 0 Å². The molecule has 0 aliphatic carbocycles. The van der Waals surface area contributed by atoms with Gasteiger partial charge in [0.1, 0.15) is 17.3 Å². The van der Waals surface area contributed by atoms with Gasteiger partial charge >= 0.3 is 0 Å². The van der Waals surface area contributed by atoms with Gasteiger partial charge in [-0.05, 0) is 31.9 Å². The highest BCUT2D eigenvalue weighted by Gasteiger charge is 2.41. The quantitative estimate of drug-likeness (QED) is 0.861. The lowest BCUT2D eigenvalue weighted by Gasteiger charge is -2.48. The van der Waals surface area contributed by atoms with Gasteiger partial charge in [0.25, 0.3) is 0 Å². The van der Waals surface area contributed by atoms with E-state index in [9.17, 15) is 0 Å². The first-order valence-electron chi connectivity index (χ1n) is 8.65. The molecular formula is C18H24N4O2. The standard InChI is InChI=1S/C18H24N4O2/c1-15-3-4-16(24-15)12-21-9-10-23-18(13-21)5-2-8-22(14-18)17-11-19-6-7-20-17/h3-4,6-7,11H,2,5,8-10,12-14H2,1H3/t18-/m1/s1. The first-order chi connectivity index (χ1) is 11.7. The van der Waals surface area contributed by atoms with Crippen molar-refractivity contribution < 1.29 is 9.15 Å². The maximum atomic E-state index is 6.27. The van der Waals surface area contributed by atoms with E-state index in [1.54, 1.807) is 12.4 Å². The number of aryl methyl sites for hydroxylation is 1. The molecular weight excluding hydrogens is 304 g/mol. The third-order valence-corrected chi connectivity index (χ3v) is 4.92. The minimum atomic E-state index is -0.115. The summed E-state index contributed by atoms with van der Waals surface area (Å²) < 4.78 is 12.0. The minimum Gasteiger partial charge on any atom is -0.465 e. The van der Waals surface area contributed by atoms with Crippen LogP contribution >= 0.6 is 0 Å². The highest BCUT2D eigenvalue weighted by Crippen LogP contribution is 2.31. The van der Waals surface area contributed by atoms with Crippen molar-refractivity contribution in [3.8, 4) is 0 Å². The van der Waals surface area contributed by atoms with Crippen LogP contribution in [0.25, 0.3) is 0 Å². The predicted molar refractivity (Wildman–Crippen MR) is 90.9 cm³/mol. The van der Waals surface area contributed by atoms with E-state index >= 15 is 0 Å². The fraction of sp³-hybridized carbons (Fsp3) is 0.556. The fourth-order valence-corrected chi connectivity index (χ4v) is 3.84. The number of piperidine rings is 1. The second kappa shape index (κ2) is 6.53.